The smallest absolute Gasteiger partial charge is 0.152 e. The number of pyridine rings is 1. The van der Waals surface area contributed by atoms with Gasteiger partial charge in [0.2, 0.25) is 0 Å². The largest absolute Gasteiger partial charge is 0.485 e. The summed E-state index contributed by atoms with van der Waals surface area (Å²) >= 11 is 4.97. The summed E-state index contributed by atoms with van der Waals surface area (Å²) in [4.78, 5) is 9.35. The van der Waals surface area contributed by atoms with Crippen LogP contribution in [0.25, 0.3) is 0 Å². The van der Waals surface area contributed by atoms with Crippen molar-refractivity contribution in [2.75, 3.05) is 0 Å². The van der Waals surface area contributed by atoms with E-state index in [9.17, 15) is 0 Å². The van der Waals surface area contributed by atoms with Gasteiger partial charge in [-0.25, -0.2) is 9.97 Å². The Hall–Kier alpha value is -0.940. The van der Waals surface area contributed by atoms with Gasteiger partial charge in [0.05, 0.1) is 9.88 Å². The minimum Gasteiger partial charge on any atom is -0.485 e. The fraction of sp³-hybridized carbons (Fsp3) is 0.200. The summed E-state index contributed by atoms with van der Waals surface area (Å²) in [7, 11) is 0. The maximum absolute atomic E-state index is 5.60. The molecule has 0 spiro atoms. The fourth-order valence-corrected chi connectivity index (χ4v) is 2.17. The standard InChI is InChI=1S/C10H9BrN2OS/c1-7-13-5-8(15-7)6-14-9-3-2-4-12-10(9)11/h2-5H,6H2,1H3. The van der Waals surface area contributed by atoms with Crippen LogP contribution in [0.2, 0.25) is 0 Å². The summed E-state index contributed by atoms with van der Waals surface area (Å²) in [6.07, 6.45) is 3.55. The zero-order valence-corrected chi connectivity index (χ0v) is 10.5. The molecule has 0 aliphatic heterocycles. The van der Waals surface area contributed by atoms with Crippen LogP contribution < -0.4 is 4.74 Å². The van der Waals surface area contributed by atoms with Gasteiger partial charge in [-0.15, -0.1) is 11.3 Å². The third kappa shape index (κ3) is 2.76. The van der Waals surface area contributed by atoms with Crippen molar-refractivity contribution >= 4 is 27.3 Å². The first-order valence-corrected chi connectivity index (χ1v) is 6.01. The molecule has 5 heteroatoms. The monoisotopic (exact) mass is 284 g/mol. The minimum absolute atomic E-state index is 0.538. The molecule has 2 aromatic heterocycles. The molecule has 0 fully saturated rings. The molecule has 2 aromatic rings. The molecule has 0 saturated carbocycles. The number of hydrogen-bond donors (Lipinski definition) is 0. The Labute approximate surface area is 100 Å². The second-order valence-electron chi connectivity index (χ2n) is 2.93. The van der Waals surface area contributed by atoms with Crippen LogP contribution in [0, 0.1) is 6.92 Å². The van der Waals surface area contributed by atoms with Gasteiger partial charge in [0, 0.05) is 12.4 Å². The zero-order valence-electron chi connectivity index (χ0n) is 8.11. The van der Waals surface area contributed by atoms with Gasteiger partial charge in [-0.2, -0.15) is 0 Å². The van der Waals surface area contributed by atoms with Crippen molar-refractivity contribution in [3.63, 3.8) is 0 Å². The summed E-state index contributed by atoms with van der Waals surface area (Å²) < 4.78 is 6.33. The number of rotatable bonds is 3. The molecule has 15 heavy (non-hydrogen) atoms. The van der Waals surface area contributed by atoms with Crippen molar-refractivity contribution in [1.29, 1.82) is 0 Å². The predicted molar refractivity (Wildman–Crippen MR) is 63.1 cm³/mol. The second-order valence-corrected chi connectivity index (χ2v) is 5.00. The molecule has 0 aliphatic rings. The second kappa shape index (κ2) is 4.72. The topological polar surface area (TPSA) is 35.0 Å². The summed E-state index contributed by atoms with van der Waals surface area (Å²) in [6.45, 7) is 2.52. The highest BCUT2D eigenvalue weighted by molar-refractivity contribution is 9.10. The maximum Gasteiger partial charge on any atom is 0.152 e. The fourth-order valence-electron chi connectivity index (χ4n) is 1.10. The maximum atomic E-state index is 5.60. The highest BCUT2D eigenvalue weighted by atomic mass is 79.9. The van der Waals surface area contributed by atoms with Gasteiger partial charge in [0.15, 0.2) is 5.75 Å². The number of halogens is 1. The van der Waals surface area contributed by atoms with E-state index in [1.54, 1.807) is 17.5 Å². The van der Waals surface area contributed by atoms with Crippen LogP contribution in [0.1, 0.15) is 9.88 Å². The van der Waals surface area contributed by atoms with E-state index in [0.29, 0.717) is 6.61 Å². The highest BCUT2D eigenvalue weighted by Gasteiger charge is 2.03. The van der Waals surface area contributed by atoms with Gasteiger partial charge in [0.1, 0.15) is 11.2 Å². The molecule has 0 saturated heterocycles. The van der Waals surface area contributed by atoms with Crippen LogP contribution in [0.15, 0.2) is 29.1 Å². The lowest BCUT2D eigenvalue weighted by molar-refractivity contribution is 0.306. The van der Waals surface area contributed by atoms with Crippen LogP contribution >= 0.6 is 27.3 Å². The molecule has 2 heterocycles. The van der Waals surface area contributed by atoms with E-state index >= 15 is 0 Å². The van der Waals surface area contributed by atoms with Crippen molar-refractivity contribution in [2.24, 2.45) is 0 Å². The van der Waals surface area contributed by atoms with Gasteiger partial charge in [-0.05, 0) is 35.0 Å². The molecule has 0 atom stereocenters. The number of aryl methyl sites for hydroxylation is 1. The number of hydrogen-bond acceptors (Lipinski definition) is 4. The summed E-state index contributed by atoms with van der Waals surface area (Å²) in [5.74, 6) is 0.753. The van der Waals surface area contributed by atoms with E-state index in [1.807, 2.05) is 25.3 Å². The molecule has 2 rings (SSSR count). The first-order chi connectivity index (χ1) is 7.25. The van der Waals surface area contributed by atoms with Crippen molar-refractivity contribution in [2.45, 2.75) is 13.5 Å². The third-order valence-corrected chi connectivity index (χ3v) is 3.25. The van der Waals surface area contributed by atoms with E-state index in [0.717, 1.165) is 20.2 Å². The Bertz CT molecular complexity index is 458. The lowest BCUT2D eigenvalue weighted by Crippen LogP contribution is -1.94. The van der Waals surface area contributed by atoms with Crippen molar-refractivity contribution < 1.29 is 4.74 Å². The Morgan fingerprint density at radius 2 is 2.33 bits per heavy atom. The predicted octanol–water partition coefficient (Wildman–Crippen LogP) is 3.19. The van der Waals surface area contributed by atoms with Gasteiger partial charge in [-0.3, -0.25) is 0 Å². The number of thiazole rings is 1. The molecular weight excluding hydrogens is 276 g/mol. The normalized spacial score (nSPS) is 10.3. The number of aromatic nitrogens is 2. The number of nitrogens with zero attached hydrogens (tertiary/aromatic N) is 2. The highest BCUT2D eigenvalue weighted by Crippen LogP contribution is 2.23. The summed E-state index contributed by atoms with van der Waals surface area (Å²) in [5, 5.41) is 1.05. The Kier molecular flexibility index (Phi) is 3.33. The molecule has 0 unspecified atom stereocenters. The van der Waals surface area contributed by atoms with E-state index in [-0.39, 0.29) is 0 Å². The van der Waals surface area contributed by atoms with Crippen molar-refractivity contribution in [3.05, 3.63) is 39.0 Å². The van der Waals surface area contributed by atoms with Gasteiger partial charge < -0.3 is 4.74 Å². The van der Waals surface area contributed by atoms with Crippen LogP contribution in [-0.2, 0) is 6.61 Å². The molecule has 0 aliphatic carbocycles. The average Bonchev–Trinajstić information content (AvgIpc) is 2.63. The van der Waals surface area contributed by atoms with Crippen molar-refractivity contribution in [1.82, 2.24) is 9.97 Å². The molecule has 0 amide bonds. The molecule has 0 bridgehead atoms. The lowest BCUT2D eigenvalue weighted by Gasteiger charge is -2.04. The molecule has 0 N–H and O–H groups in total. The van der Waals surface area contributed by atoms with E-state index < -0.39 is 0 Å². The summed E-state index contributed by atoms with van der Waals surface area (Å²) in [5.41, 5.74) is 0. The molecule has 0 aromatic carbocycles. The first kappa shape index (κ1) is 10.6. The molecular formula is C10H9BrN2OS. The molecule has 78 valence electrons. The Balaban J connectivity index is 2.02. The van der Waals surface area contributed by atoms with Crippen molar-refractivity contribution in [3.8, 4) is 5.75 Å². The van der Waals surface area contributed by atoms with E-state index in [1.165, 1.54) is 0 Å². The van der Waals surface area contributed by atoms with Gasteiger partial charge in [-0.1, -0.05) is 0 Å². The van der Waals surface area contributed by atoms with Crippen LogP contribution in [0.4, 0.5) is 0 Å². The van der Waals surface area contributed by atoms with E-state index in [4.69, 9.17) is 4.74 Å². The van der Waals surface area contributed by atoms with Crippen LogP contribution in [0.3, 0.4) is 0 Å². The third-order valence-electron chi connectivity index (χ3n) is 1.76. The lowest BCUT2D eigenvalue weighted by atomic mass is 10.4. The first-order valence-electron chi connectivity index (χ1n) is 4.40. The Morgan fingerprint density at radius 1 is 1.47 bits per heavy atom. The molecule has 0 radical (unpaired) electrons. The quantitative estimate of drug-likeness (QED) is 0.812. The van der Waals surface area contributed by atoms with E-state index in [2.05, 4.69) is 25.9 Å². The van der Waals surface area contributed by atoms with Crippen LogP contribution in [-0.4, -0.2) is 9.97 Å². The Morgan fingerprint density at radius 3 is 3.00 bits per heavy atom. The van der Waals surface area contributed by atoms with Gasteiger partial charge >= 0.3 is 0 Å². The number of ether oxygens (including phenoxy) is 1. The SMILES string of the molecule is Cc1ncc(COc2cccnc2Br)s1. The zero-order chi connectivity index (χ0) is 10.7. The summed E-state index contributed by atoms with van der Waals surface area (Å²) in [6, 6.07) is 3.73. The minimum atomic E-state index is 0.538. The van der Waals surface area contributed by atoms with Crippen LogP contribution in [0.5, 0.6) is 5.75 Å². The average molecular weight is 285 g/mol. The van der Waals surface area contributed by atoms with Gasteiger partial charge in [0.25, 0.3) is 0 Å². The molecule has 3 nitrogen and oxygen atoms in total.